The van der Waals surface area contributed by atoms with E-state index in [1.165, 1.54) is 0 Å². The maximum Gasteiger partial charge on any atom is 0.221 e. The number of nitrogens with zero attached hydrogens (tertiary/aromatic N) is 1. The van der Waals surface area contributed by atoms with Crippen molar-refractivity contribution in [2.24, 2.45) is 0 Å². The standard InChI is InChI=1S/C19H26N2O4S/c1-4-11-21-26(22,23)19(2,3)16-7-9-17(10-8-16)24-13-14-25-18-6-5-12-20-15-18/h5-10,12,15,21H,4,11,13-14H2,1-3H3. The van der Waals surface area contributed by atoms with Gasteiger partial charge in [-0.05, 0) is 50.1 Å². The van der Waals surface area contributed by atoms with Crippen molar-refractivity contribution >= 4 is 10.0 Å². The molecule has 26 heavy (non-hydrogen) atoms. The predicted octanol–water partition coefficient (Wildman–Crippen LogP) is 3.10. The van der Waals surface area contributed by atoms with E-state index in [0.717, 1.165) is 6.42 Å². The van der Waals surface area contributed by atoms with Crippen LogP contribution in [-0.4, -0.2) is 33.2 Å². The number of aromatic nitrogens is 1. The highest BCUT2D eigenvalue weighted by atomic mass is 32.2. The van der Waals surface area contributed by atoms with E-state index in [2.05, 4.69) is 9.71 Å². The van der Waals surface area contributed by atoms with Gasteiger partial charge < -0.3 is 9.47 Å². The molecule has 142 valence electrons. The topological polar surface area (TPSA) is 77.5 Å². The summed E-state index contributed by atoms with van der Waals surface area (Å²) < 4.78 is 37.7. The van der Waals surface area contributed by atoms with Crippen molar-refractivity contribution in [2.45, 2.75) is 31.9 Å². The van der Waals surface area contributed by atoms with Crippen LogP contribution in [0.15, 0.2) is 48.8 Å². The van der Waals surface area contributed by atoms with Crippen molar-refractivity contribution in [2.75, 3.05) is 19.8 Å². The number of hydrogen-bond donors (Lipinski definition) is 1. The summed E-state index contributed by atoms with van der Waals surface area (Å²) in [5.74, 6) is 1.36. The fourth-order valence-corrected chi connectivity index (χ4v) is 3.56. The zero-order valence-corrected chi connectivity index (χ0v) is 16.3. The molecule has 0 fully saturated rings. The Morgan fingerprint density at radius 2 is 1.69 bits per heavy atom. The zero-order valence-electron chi connectivity index (χ0n) is 15.4. The van der Waals surface area contributed by atoms with Gasteiger partial charge in [0.25, 0.3) is 0 Å². The highest BCUT2D eigenvalue weighted by molar-refractivity contribution is 7.90. The Hall–Kier alpha value is -2.12. The number of hydrogen-bond acceptors (Lipinski definition) is 5. The molecule has 0 amide bonds. The summed E-state index contributed by atoms with van der Waals surface area (Å²) in [7, 11) is -3.46. The van der Waals surface area contributed by atoms with E-state index >= 15 is 0 Å². The van der Waals surface area contributed by atoms with Crippen LogP contribution in [-0.2, 0) is 14.8 Å². The van der Waals surface area contributed by atoms with Crippen LogP contribution in [0, 0.1) is 0 Å². The molecule has 0 saturated carbocycles. The predicted molar refractivity (Wildman–Crippen MR) is 102 cm³/mol. The summed E-state index contributed by atoms with van der Waals surface area (Å²) in [5.41, 5.74) is 0.708. The lowest BCUT2D eigenvalue weighted by molar-refractivity contribution is 0.216. The average Bonchev–Trinajstić information content (AvgIpc) is 2.65. The molecule has 2 aromatic rings. The molecule has 2 rings (SSSR count). The summed E-state index contributed by atoms with van der Waals surface area (Å²) in [6.07, 6.45) is 4.08. The van der Waals surface area contributed by atoms with E-state index in [-0.39, 0.29) is 0 Å². The average molecular weight is 378 g/mol. The van der Waals surface area contributed by atoms with Gasteiger partial charge in [-0.3, -0.25) is 4.98 Å². The van der Waals surface area contributed by atoms with Gasteiger partial charge in [-0.25, -0.2) is 13.1 Å². The van der Waals surface area contributed by atoms with Gasteiger partial charge in [0.1, 0.15) is 29.5 Å². The first-order chi connectivity index (χ1) is 12.4. The van der Waals surface area contributed by atoms with Gasteiger partial charge in [-0.15, -0.1) is 0 Å². The second-order valence-electron chi connectivity index (χ2n) is 6.32. The molecule has 0 unspecified atom stereocenters. The minimum absolute atomic E-state index is 0.383. The smallest absolute Gasteiger partial charge is 0.221 e. The van der Waals surface area contributed by atoms with Crippen molar-refractivity contribution in [3.63, 3.8) is 0 Å². The van der Waals surface area contributed by atoms with Crippen LogP contribution in [0.3, 0.4) is 0 Å². The van der Waals surface area contributed by atoms with Crippen LogP contribution in [0.1, 0.15) is 32.8 Å². The Labute approximate surface area is 155 Å². The van der Waals surface area contributed by atoms with Gasteiger partial charge in [-0.1, -0.05) is 19.1 Å². The number of nitrogens with one attached hydrogen (secondary N) is 1. The molecule has 0 saturated heterocycles. The molecule has 0 aliphatic rings. The molecular formula is C19H26N2O4S. The lowest BCUT2D eigenvalue weighted by atomic mass is 10.0. The summed E-state index contributed by atoms with van der Waals surface area (Å²) in [5, 5.41) is 0. The summed E-state index contributed by atoms with van der Waals surface area (Å²) in [4.78, 5) is 3.97. The number of sulfonamides is 1. The normalized spacial score (nSPS) is 12.0. The number of ether oxygens (including phenoxy) is 2. The third-order valence-electron chi connectivity index (χ3n) is 4.02. The van der Waals surface area contributed by atoms with Crippen molar-refractivity contribution in [3.05, 3.63) is 54.4 Å². The maximum absolute atomic E-state index is 12.5. The number of benzene rings is 1. The molecule has 0 spiro atoms. The maximum atomic E-state index is 12.5. The lowest BCUT2D eigenvalue weighted by Gasteiger charge is -2.25. The molecule has 0 atom stereocenters. The lowest BCUT2D eigenvalue weighted by Crippen LogP contribution is -2.39. The van der Waals surface area contributed by atoms with Gasteiger partial charge in [0, 0.05) is 12.7 Å². The summed E-state index contributed by atoms with van der Waals surface area (Å²) in [6.45, 7) is 6.54. The quantitative estimate of drug-likeness (QED) is 0.643. The van der Waals surface area contributed by atoms with Crippen LogP contribution in [0.5, 0.6) is 11.5 Å². The van der Waals surface area contributed by atoms with E-state index in [9.17, 15) is 8.42 Å². The van der Waals surface area contributed by atoms with Crippen LogP contribution < -0.4 is 14.2 Å². The second kappa shape index (κ2) is 9.00. The second-order valence-corrected chi connectivity index (χ2v) is 8.63. The van der Waals surface area contributed by atoms with E-state index in [0.29, 0.717) is 36.8 Å². The molecule has 1 aromatic heterocycles. The fourth-order valence-electron chi connectivity index (χ4n) is 2.28. The third kappa shape index (κ3) is 5.19. The van der Waals surface area contributed by atoms with Gasteiger partial charge in [0.2, 0.25) is 10.0 Å². The molecular weight excluding hydrogens is 352 g/mol. The molecule has 6 nitrogen and oxygen atoms in total. The molecule has 0 aliphatic heterocycles. The van der Waals surface area contributed by atoms with E-state index in [1.807, 2.05) is 13.0 Å². The first-order valence-electron chi connectivity index (χ1n) is 8.62. The summed E-state index contributed by atoms with van der Waals surface area (Å²) >= 11 is 0. The molecule has 1 N–H and O–H groups in total. The minimum atomic E-state index is -3.46. The SMILES string of the molecule is CCCNS(=O)(=O)C(C)(C)c1ccc(OCCOc2cccnc2)cc1. The summed E-state index contributed by atoms with van der Waals surface area (Å²) in [6, 6.07) is 10.7. The Bertz CT molecular complexity index is 775. The van der Waals surface area contributed by atoms with E-state index < -0.39 is 14.8 Å². The van der Waals surface area contributed by atoms with Gasteiger partial charge in [-0.2, -0.15) is 0 Å². The Morgan fingerprint density at radius 3 is 2.27 bits per heavy atom. The monoisotopic (exact) mass is 378 g/mol. The molecule has 0 radical (unpaired) electrons. The van der Waals surface area contributed by atoms with Crippen molar-refractivity contribution in [3.8, 4) is 11.5 Å². The van der Waals surface area contributed by atoms with Crippen LogP contribution >= 0.6 is 0 Å². The Balaban J connectivity index is 1.91. The van der Waals surface area contributed by atoms with E-state index in [4.69, 9.17) is 9.47 Å². The number of pyridine rings is 1. The van der Waals surface area contributed by atoms with E-state index in [1.54, 1.807) is 56.6 Å². The zero-order chi connectivity index (χ0) is 19.0. The van der Waals surface area contributed by atoms with Gasteiger partial charge in [0.15, 0.2) is 0 Å². The van der Waals surface area contributed by atoms with Crippen LogP contribution in [0.4, 0.5) is 0 Å². The molecule has 7 heteroatoms. The minimum Gasteiger partial charge on any atom is -0.490 e. The van der Waals surface area contributed by atoms with Crippen molar-refractivity contribution in [1.29, 1.82) is 0 Å². The highest BCUT2D eigenvalue weighted by Gasteiger charge is 2.35. The van der Waals surface area contributed by atoms with Crippen molar-refractivity contribution < 1.29 is 17.9 Å². The molecule has 1 heterocycles. The van der Waals surface area contributed by atoms with Crippen molar-refractivity contribution in [1.82, 2.24) is 9.71 Å². The first-order valence-corrected chi connectivity index (χ1v) is 10.1. The molecule has 1 aromatic carbocycles. The molecule has 0 bridgehead atoms. The number of rotatable bonds is 10. The first kappa shape index (κ1) is 20.2. The Kier molecular flexibility index (Phi) is 6.99. The third-order valence-corrected chi connectivity index (χ3v) is 6.18. The highest BCUT2D eigenvalue weighted by Crippen LogP contribution is 2.30. The molecule has 0 aliphatic carbocycles. The van der Waals surface area contributed by atoms with Crippen LogP contribution in [0.25, 0.3) is 0 Å². The Morgan fingerprint density at radius 1 is 1.04 bits per heavy atom. The fraction of sp³-hybridized carbons (Fsp3) is 0.421. The van der Waals surface area contributed by atoms with Gasteiger partial charge >= 0.3 is 0 Å². The van der Waals surface area contributed by atoms with Crippen LogP contribution in [0.2, 0.25) is 0 Å². The van der Waals surface area contributed by atoms with Gasteiger partial charge in [0.05, 0.1) is 6.20 Å². The largest absolute Gasteiger partial charge is 0.490 e.